The number of rotatable bonds is 5. The van der Waals surface area contributed by atoms with Gasteiger partial charge in [0.25, 0.3) is 0 Å². The summed E-state index contributed by atoms with van der Waals surface area (Å²) >= 11 is 0. The van der Waals surface area contributed by atoms with Crippen molar-refractivity contribution < 1.29 is 0 Å². The first-order chi connectivity index (χ1) is 10.3. The van der Waals surface area contributed by atoms with Crippen LogP contribution in [-0.2, 0) is 6.54 Å². The molecule has 2 nitrogen and oxygen atoms in total. The molecule has 1 aromatic heterocycles. The molecule has 3 rings (SSSR count). The molecule has 0 aliphatic heterocycles. The van der Waals surface area contributed by atoms with Crippen LogP contribution in [0.3, 0.4) is 0 Å². The minimum atomic E-state index is 0.928. The molecule has 1 heterocycles. The Morgan fingerprint density at radius 3 is 2.95 bits per heavy atom. The van der Waals surface area contributed by atoms with Gasteiger partial charge in [-0.15, -0.1) is 0 Å². The lowest BCUT2D eigenvalue weighted by atomic mass is 9.97. The van der Waals surface area contributed by atoms with E-state index in [1.165, 1.54) is 43.1 Å². The Balaban J connectivity index is 1.61. The van der Waals surface area contributed by atoms with Gasteiger partial charge in [0.2, 0.25) is 0 Å². The number of aryl methyl sites for hydroxylation is 1. The maximum absolute atomic E-state index is 4.60. The Morgan fingerprint density at radius 1 is 1.19 bits per heavy atom. The van der Waals surface area contributed by atoms with Gasteiger partial charge in [-0.2, -0.15) is 0 Å². The molecule has 0 saturated carbocycles. The maximum atomic E-state index is 4.60. The first kappa shape index (κ1) is 14.3. The van der Waals surface area contributed by atoms with Crippen LogP contribution in [-0.4, -0.2) is 11.5 Å². The minimum absolute atomic E-state index is 0.928. The van der Waals surface area contributed by atoms with E-state index in [4.69, 9.17) is 0 Å². The molecule has 0 unspecified atom stereocenters. The smallest absolute Gasteiger partial charge is 0.0708 e. The quantitative estimate of drug-likeness (QED) is 0.643. The van der Waals surface area contributed by atoms with Crippen LogP contribution in [0.15, 0.2) is 42.0 Å². The zero-order chi connectivity index (χ0) is 14.5. The third-order valence-electron chi connectivity index (χ3n) is 4.25. The SMILES string of the molecule is Cc1cc(CNCCC2=CCCCC2)c2ccccc2n1. The van der Waals surface area contributed by atoms with Gasteiger partial charge < -0.3 is 5.32 Å². The summed E-state index contributed by atoms with van der Waals surface area (Å²) in [6.45, 7) is 4.07. The van der Waals surface area contributed by atoms with E-state index in [1.807, 2.05) is 0 Å². The predicted octanol–water partition coefficient (Wildman–Crippen LogP) is 4.52. The molecule has 0 fully saturated rings. The summed E-state index contributed by atoms with van der Waals surface area (Å²) in [5.41, 5.74) is 5.20. The van der Waals surface area contributed by atoms with Crippen LogP contribution in [0.1, 0.15) is 43.4 Å². The van der Waals surface area contributed by atoms with Crippen molar-refractivity contribution in [2.45, 2.75) is 45.6 Å². The number of nitrogens with one attached hydrogen (secondary N) is 1. The lowest BCUT2D eigenvalue weighted by molar-refractivity contribution is 0.633. The molecule has 1 aromatic carbocycles. The van der Waals surface area contributed by atoms with Crippen molar-refractivity contribution >= 4 is 10.9 Å². The third kappa shape index (κ3) is 3.70. The lowest BCUT2D eigenvalue weighted by Crippen LogP contribution is -2.16. The third-order valence-corrected chi connectivity index (χ3v) is 4.25. The van der Waals surface area contributed by atoms with Crippen LogP contribution < -0.4 is 5.32 Å². The van der Waals surface area contributed by atoms with E-state index >= 15 is 0 Å². The van der Waals surface area contributed by atoms with E-state index < -0.39 is 0 Å². The molecule has 0 radical (unpaired) electrons. The lowest BCUT2D eigenvalue weighted by Gasteiger charge is -2.13. The van der Waals surface area contributed by atoms with Crippen molar-refractivity contribution in [1.29, 1.82) is 0 Å². The van der Waals surface area contributed by atoms with Crippen molar-refractivity contribution in [3.63, 3.8) is 0 Å². The van der Waals surface area contributed by atoms with Crippen LogP contribution in [0.5, 0.6) is 0 Å². The number of para-hydroxylation sites is 1. The zero-order valence-electron chi connectivity index (χ0n) is 12.9. The van der Waals surface area contributed by atoms with Gasteiger partial charge in [-0.05, 0) is 63.3 Å². The van der Waals surface area contributed by atoms with Crippen LogP contribution in [0.25, 0.3) is 10.9 Å². The van der Waals surface area contributed by atoms with Crippen molar-refractivity contribution in [3.8, 4) is 0 Å². The molecule has 1 aliphatic carbocycles. The molecule has 1 N–H and O–H groups in total. The van der Waals surface area contributed by atoms with E-state index in [1.54, 1.807) is 5.57 Å². The van der Waals surface area contributed by atoms with E-state index in [9.17, 15) is 0 Å². The molecule has 0 spiro atoms. The first-order valence-electron chi connectivity index (χ1n) is 8.07. The first-order valence-corrected chi connectivity index (χ1v) is 8.07. The summed E-state index contributed by atoms with van der Waals surface area (Å²) < 4.78 is 0. The summed E-state index contributed by atoms with van der Waals surface area (Å²) in [5.74, 6) is 0. The van der Waals surface area contributed by atoms with Crippen molar-refractivity contribution in [2.75, 3.05) is 6.54 Å². The highest BCUT2D eigenvalue weighted by molar-refractivity contribution is 5.82. The van der Waals surface area contributed by atoms with Crippen LogP contribution >= 0.6 is 0 Å². The van der Waals surface area contributed by atoms with Gasteiger partial charge >= 0.3 is 0 Å². The van der Waals surface area contributed by atoms with E-state index in [0.717, 1.165) is 24.3 Å². The van der Waals surface area contributed by atoms with Crippen LogP contribution in [0.4, 0.5) is 0 Å². The maximum Gasteiger partial charge on any atom is 0.0708 e. The number of aromatic nitrogens is 1. The fraction of sp³-hybridized carbons (Fsp3) is 0.421. The Hall–Kier alpha value is -1.67. The van der Waals surface area contributed by atoms with Gasteiger partial charge in [0, 0.05) is 17.6 Å². The van der Waals surface area contributed by atoms with Gasteiger partial charge in [0.1, 0.15) is 0 Å². The molecule has 1 aliphatic rings. The molecular weight excluding hydrogens is 256 g/mol. The van der Waals surface area contributed by atoms with Crippen molar-refractivity contribution in [3.05, 3.63) is 53.2 Å². The molecule has 21 heavy (non-hydrogen) atoms. The largest absolute Gasteiger partial charge is 0.312 e. The van der Waals surface area contributed by atoms with Crippen LogP contribution in [0, 0.1) is 6.92 Å². The topological polar surface area (TPSA) is 24.9 Å². The molecule has 0 saturated heterocycles. The van der Waals surface area contributed by atoms with Crippen LogP contribution in [0.2, 0.25) is 0 Å². The normalized spacial score (nSPS) is 15.2. The molecule has 110 valence electrons. The molecule has 0 atom stereocenters. The number of pyridine rings is 1. The average molecular weight is 280 g/mol. The second-order valence-corrected chi connectivity index (χ2v) is 5.97. The number of benzene rings is 1. The number of hydrogen-bond acceptors (Lipinski definition) is 2. The molecule has 0 amide bonds. The molecular formula is C19H24N2. The standard InChI is InChI=1S/C19H24N2/c1-15-13-17(18-9-5-6-10-19(18)21-15)14-20-12-11-16-7-3-2-4-8-16/h5-7,9-10,13,20H,2-4,8,11-12,14H2,1H3. The monoisotopic (exact) mass is 280 g/mol. The Bertz CT molecular complexity index is 643. The Labute approximate surface area is 127 Å². The highest BCUT2D eigenvalue weighted by atomic mass is 14.8. The highest BCUT2D eigenvalue weighted by Crippen LogP contribution is 2.20. The molecule has 2 aromatic rings. The Kier molecular flexibility index (Phi) is 4.66. The Morgan fingerprint density at radius 2 is 2.10 bits per heavy atom. The molecule has 2 heteroatoms. The number of fused-ring (bicyclic) bond motifs is 1. The van der Waals surface area contributed by atoms with Gasteiger partial charge in [0.15, 0.2) is 0 Å². The summed E-state index contributed by atoms with van der Waals surface area (Å²) in [5, 5.41) is 4.87. The average Bonchev–Trinajstić information content (AvgIpc) is 2.52. The summed E-state index contributed by atoms with van der Waals surface area (Å²) in [4.78, 5) is 4.60. The fourth-order valence-electron chi connectivity index (χ4n) is 3.14. The van der Waals surface area contributed by atoms with Crippen molar-refractivity contribution in [1.82, 2.24) is 10.3 Å². The second kappa shape index (κ2) is 6.86. The fourth-order valence-corrected chi connectivity index (χ4v) is 3.14. The van der Waals surface area contributed by atoms with Gasteiger partial charge in [-0.1, -0.05) is 29.8 Å². The summed E-state index contributed by atoms with van der Waals surface area (Å²) in [6.07, 6.45) is 8.97. The zero-order valence-corrected chi connectivity index (χ0v) is 12.9. The molecule has 0 bridgehead atoms. The summed E-state index contributed by atoms with van der Waals surface area (Å²) in [6, 6.07) is 10.6. The minimum Gasteiger partial charge on any atom is -0.312 e. The van der Waals surface area contributed by atoms with E-state index in [-0.39, 0.29) is 0 Å². The van der Waals surface area contributed by atoms with Gasteiger partial charge in [-0.3, -0.25) is 4.98 Å². The summed E-state index contributed by atoms with van der Waals surface area (Å²) in [7, 11) is 0. The highest BCUT2D eigenvalue weighted by Gasteiger charge is 2.05. The van der Waals surface area contributed by atoms with Gasteiger partial charge in [0.05, 0.1) is 5.52 Å². The van der Waals surface area contributed by atoms with E-state index in [0.29, 0.717) is 0 Å². The predicted molar refractivity (Wildman–Crippen MR) is 89.4 cm³/mol. The van der Waals surface area contributed by atoms with Gasteiger partial charge in [-0.25, -0.2) is 0 Å². The van der Waals surface area contributed by atoms with Crippen molar-refractivity contribution in [2.24, 2.45) is 0 Å². The number of nitrogens with zero attached hydrogens (tertiary/aromatic N) is 1. The number of allylic oxidation sites excluding steroid dienone is 1. The number of hydrogen-bond donors (Lipinski definition) is 1. The van der Waals surface area contributed by atoms with E-state index in [2.05, 4.69) is 53.6 Å². The second-order valence-electron chi connectivity index (χ2n) is 5.97.